The highest BCUT2D eigenvalue weighted by Gasteiger charge is 2.23. The second-order valence-corrected chi connectivity index (χ2v) is 4.22. The lowest BCUT2D eigenvalue weighted by Gasteiger charge is -2.20. The molecule has 6 heteroatoms. The molecule has 0 fully saturated rings. The average Bonchev–Trinajstić information content (AvgIpc) is 2.43. The monoisotopic (exact) mass is 268 g/mol. The van der Waals surface area contributed by atoms with Crippen LogP contribution in [0, 0.1) is 0 Å². The van der Waals surface area contributed by atoms with Crippen LogP contribution in [0.4, 0.5) is 0 Å². The molecule has 0 radical (unpaired) electrons. The van der Waals surface area contributed by atoms with Gasteiger partial charge in [0.15, 0.2) is 0 Å². The SMILES string of the molecule is CNCCC(O)C(O)c1ccc(OC)cc1C(N)=O. The maximum Gasteiger partial charge on any atom is 0.249 e. The molecule has 106 valence electrons. The van der Waals surface area contributed by atoms with Gasteiger partial charge in [-0.1, -0.05) is 6.07 Å². The van der Waals surface area contributed by atoms with Gasteiger partial charge in [-0.05, 0) is 37.7 Å². The maximum atomic E-state index is 11.4. The fourth-order valence-corrected chi connectivity index (χ4v) is 1.79. The molecule has 5 N–H and O–H groups in total. The summed E-state index contributed by atoms with van der Waals surface area (Å²) in [6.07, 6.45) is -1.78. The largest absolute Gasteiger partial charge is 0.497 e. The highest BCUT2D eigenvalue weighted by Crippen LogP contribution is 2.26. The number of aliphatic hydroxyl groups is 2. The van der Waals surface area contributed by atoms with E-state index in [4.69, 9.17) is 10.5 Å². The smallest absolute Gasteiger partial charge is 0.249 e. The standard InChI is InChI=1S/C13H20N2O4/c1-15-6-5-11(16)12(17)9-4-3-8(19-2)7-10(9)13(14)18/h3-4,7,11-12,15-17H,5-6H2,1-2H3,(H2,14,18). The molecule has 0 aromatic heterocycles. The Morgan fingerprint density at radius 1 is 1.47 bits per heavy atom. The first-order valence-corrected chi connectivity index (χ1v) is 5.99. The summed E-state index contributed by atoms with van der Waals surface area (Å²) in [5.74, 6) is -0.205. The summed E-state index contributed by atoms with van der Waals surface area (Å²) in [7, 11) is 3.22. The number of hydrogen-bond donors (Lipinski definition) is 4. The van der Waals surface area contributed by atoms with Gasteiger partial charge in [-0.2, -0.15) is 0 Å². The van der Waals surface area contributed by atoms with Gasteiger partial charge in [-0.3, -0.25) is 4.79 Å². The van der Waals surface area contributed by atoms with E-state index in [1.807, 2.05) is 0 Å². The number of amides is 1. The zero-order valence-electron chi connectivity index (χ0n) is 11.1. The predicted molar refractivity (Wildman–Crippen MR) is 71.0 cm³/mol. The van der Waals surface area contributed by atoms with E-state index in [2.05, 4.69) is 5.32 Å². The number of hydrogen-bond acceptors (Lipinski definition) is 5. The molecule has 1 aromatic rings. The van der Waals surface area contributed by atoms with E-state index in [1.165, 1.54) is 19.2 Å². The molecule has 1 amide bonds. The predicted octanol–water partition coefficient (Wildman–Crippen LogP) is -0.202. The molecular formula is C13H20N2O4. The zero-order valence-corrected chi connectivity index (χ0v) is 11.1. The number of ether oxygens (including phenoxy) is 1. The van der Waals surface area contributed by atoms with Gasteiger partial charge in [0, 0.05) is 5.56 Å². The lowest BCUT2D eigenvalue weighted by molar-refractivity contribution is 0.0135. The van der Waals surface area contributed by atoms with Crippen LogP contribution in [0.2, 0.25) is 0 Å². The molecule has 0 saturated heterocycles. The van der Waals surface area contributed by atoms with Gasteiger partial charge in [-0.25, -0.2) is 0 Å². The van der Waals surface area contributed by atoms with Gasteiger partial charge >= 0.3 is 0 Å². The Hall–Kier alpha value is -1.63. The molecule has 6 nitrogen and oxygen atoms in total. The van der Waals surface area contributed by atoms with Crippen LogP contribution < -0.4 is 15.8 Å². The number of nitrogens with one attached hydrogen (secondary N) is 1. The molecule has 0 bridgehead atoms. The van der Waals surface area contributed by atoms with Crippen molar-refractivity contribution in [1.29, 1.82) is 0 Å². The summed E-state index contributed by atoms with van der Waals surface area (Å²) in [6.45, 7) is 0.556. The second-order valence-electron chi connectivity index (χ2n) is 4.22. The van der Waals surface area contributed by atoms with Crippen molar-refractivity contribution in [2.24, 2.45) is 5.73 Å². The number of primary amides is 1. The van der Waals surface area contributed by atoms with Crippen molar-refractivity contribution in [3.63, 3.8) is 0 Å². The van der Waals surface area contributed by atoms with E-state index in [1.54, 1.807) is 13.1 Å². The Morgan fingerprint density at radius 3 is 2.68 bits per heavy atom. The summed E-state index contributed by atoms with van der Waals surface area (Å²) >= 11 is 0. The fraction of sp³-hybridized carbons (Fsp3) is 0.462. The second kappa shape index (κ2) is 7.08. The number of nitrogens with two attached hydrogens (primary N) is 1. The Labute approximate surface area is 112 Å². The maximum absolute atomic E-state index is 11.4. The Balaban J connectivity index is 3.01. The first-order chi connectivity index (χ1) is 9.01. The first kappa shape index (κ1) is 15.4. The minimum absolute atomic E-state index is 0.148. The summed E-state index contributed by atoms with van der Waals surface area (Å²) in [5.41, 5.74) is 5.73. The van der Waals surface area contributed by atoms with E-state index in [-0.39, 0.29) is 5.56 Å². The average molecular weight is 268 g/mol. The van der Waals surface area contributed by atoms with Crippen molar-refractivity contribution < 1.29 is 19.7 Å². The van der Waals surface area contributed by atoms with Gasteiger partial charge in [0.25, 0.3) is 0 Å². The minimum Gasteiger partial charge on any atom is -0.497 e. The third-order valence-corrected chi connectivity index (χ3v) is 2.90. The molecule has 0 spiro atoms. The first-order valence-electron chi connectivity index (χ1n) is 5.99. The van der Waals surface area contributed by atoms with Crippen LogP contribution in [-0.4, -0.2) is 42.9 Å². The Bertz CT molecular complexity index is 437. The van der Waals surface area contributed by atoms with Crippen molar-refractivity contribution in [3.05, 3.63) is 29.3 Å². The van der Waals surface area contributed by atoms with Crippen LogP contribution in [0.5, 0.6) is 5.75 Å². The van der Waals surface area contributed by atoms with Crippen molar-refractivity contribution in [1.82, 2.24) is 5.32 Å². The highest BCUT2D eigenvalue weighted by atomic mass is 16.5. The molecule has 0 heterocycles. The molecule has 1 rings (SSSR count). The van der Waals surface area contributed by atoms with Crippen LogP contribution in [0.3, 0.4) is 0 Å². The third kappa shape index (κ3) is 3.92. The van der Waals surface area contributed by atoms with Crippen LogP contribution in [0.15, 0.2) is 18.2 Å². The molecule has 19 heavy (non-hydrogen) atoms. The van der Waals surface area contributed by atoms with Gasteiger partial charge in [-0.15, -0.1) is 0 Å². The fourth-order valence-electron chi connectivity index (χ4n) is 1.79. The van der Waals surface area contributed by atoms with Gasteiger partial charge < -0.3 is 26.0 Å². The Morgan fingerprint density at radius 2 is 2.16 bits per heavy atom. The quantitative estimate of drug-likeness (QED) is 0.548. The summed E-state index contributed by atoms with van der Waals surface area (Å²) in [5, 5.41) is 22.8. The third-order valence-electron chi connectivity index (χ3n) is 2.90. The number of rotatable bonds is 7. The zero-order chi connectivity index (χ0) is 14.4. The van der Waals surface area contributed by atoms with Gasteiger partial charge in [0.2, 0.25) is 5.91 Å². The summed E-state index contributed by atoms with van der Waals surface area (Å²) < 4.78 is 5.00. The van der Waals surface area contributed by atoms with E-state index in [9.17, 15) is 15.0 Å². The van der Waals surface area contributed by atoms with E-state index < -0.39 is 18.1 Å². The van der Waals surface area contributed by atoms with Crippen LogP contribution in [-0.2, 0) is 0 Å². The van der Waals surface area contributed by atoms with Crippen LogP contribution >= 0.6 is 0 Å². The molecule has 0 saturated carbocycles. The molecule has 0 aliphatic carbocycles. The Kier molecular flexibility index (Phi) is 5.75. The van der Waals surface area contributed by atoms with Crippen molar-refractivity contribution in [2.45, 2.75) is 18.6 Å². The summed E-state index contributed by atoms with van der Waals surface area (Å²) in [6, 6.07) is 4.59. The normalized spacial score (nSPS) is 13.9. The lowest BCUT2D eigenvalue weighted by atomic mass is 9.96. The van der Waals surface area contributed by atoms with Crippen molar-refractivity contribution >= 4 is 5.91 Å². The number of benzene rings is 1. The topological polar surface area (TPSA) is 105 Å². The molecule has 0 aliphatic heterocycles. The number of carbonyl (C=O) groups is 1. The van der Waals surface area contributed by atoms with Crippen molar-refractivity contribution in [2.75, 3.05) is 20.7 Å². The van der Waals surface area contributed by atoms with Crippen LogP contribution in [0.1, 0.15) is 28.4 Å². The van der Waals surface area contributed by atoms with Gasteiger partial charge in [0.05, 0.1) is 13.2 Å². The van der Waals surface area contributed by atoms with E-state index in [0.29, 0.717) is 24.3 Å². The van der Waals surface area contributed by atoms with Gasteiger partial charge in [0.1, 0.15) is 11.9 Å². The number of aliphatic hydroxyl groups excluding tert-OH is 2. The summed E-state index contributed by atoms with van der Waals surface area (Å²) in [4.78, 5) is 11.4. The lowest BCUT2D eigenvalue weighted by Crippen LogP contribution is -2.25. The number of methoxy groups -OCH3 is 1. The van der Waals surface area contributed by atoms with Crippen LogP contribution in [0.25, 0.3) is 0 Å². The molecule has 2 atom stereocenters. The van der Waals surface area contributed by atoms with E-state index >= 15 is 0 Å². The van der Waals surface area contributed by atoms with E-state index in [0.717, 1.165) is 0 Å². The molecule has 0 aliphatic rings. The highest BCUT2D eigenvalue weighted by molar-refractivity contribution is 5.95. The molecule has 2 unspecified atom stereocenters. The van der Waals surface area contributed by atoms with Crippen molar-refractivity contribution in [3.8, 4) is 5.75 Å². The number of carbonyl (C=O) groups excluding carboxylic acids is 1. The molecule has 1 aromatic carbocycles. The minimum atomic E-state index is -1.17. The molecular weight excluding hydrogens is 248 g/mol.